The van der Waals surface area contributed by atoms with E-state index in [2.05, 4.69) is 25.2 Å². The van der Waals surface area contributed by atoms with Gasteiger partial charge in [-0.15, -0.1) is 0 Å². The Balaban J connectivity index is 3.96. The Morgan fingerprint density at radius 3 is 2.12 bits per heavy atom. The van der Waals surface area contributed by atoms with Crippen molar-refractivity contribution in [2.45, 2.75) is 84.0 Å². The van der Waals surface area contributed by atoms with Gasteiger partial charge in [0.2, 0.25) is 5.70 Å². The fraction of sp³-hybridized carbons (Fsp3) is 0.591. The topological polar surface area (TPSA) is 60.2 Å². The minimum Gasteiger partial charge on any atom is -0.303 e. The van der Waals surface area contributed by atoms with Crippen LogP contribution < -0.4 is 0 Å². The summed E-state index contributed by atoms with van der Waals surface area (Å²) in [5.41, 5.74) is 0.252. The second-order valence-corrected chi connectivity index (χ2v) is 6.34. The molecule has 0 spiro atoms. The molecule has 0 N–H and O–H groups in total. The molecule has 0 saturated carbocycles. The van der Waals surface area contributed by atoms with Gasteiger partial charge in [-0.1, -0.05) is 62.6 Å². The van der Waals surface area contributed by atoms with Crippen molar-refractivity contribution in [1.82, 2.24) is 0 Å². The zero-order chi connectivity index (χ0) is 19.3. The van der Waals surface area contributed by atoms with Crippen LogP contribution in [0.3, 0.4) is 0 Å². The number of nitro groups is 1. The van der Waals surface area contributed by atoms with Crippen LogP contribution in [0.4, 0.5) is 0 Å². The van der Waals surface area contributed by atoms with E-state index in [9.17, 15) is 14.9 Å². The van der Waals surface area contributed by atoms with Gasteiger partial charge >= 0.3 is 0 Å². The standard InChI is InChI=1S/C22H35NO3/c1-2-3-4-5-6-7-8-10-13-16-19-22(23(25)26)20-17-14-11-9-12-15-18-21-24/h6-7,10,13-14,17,19,21H,2-5,8-9,11-12,15-16,18,20H2,1H3/b7-6+,13-10+,17-14+,22-19-. The summed E-state index contributed by atoms with van der Waals surface area (Å²) in [7, 11) is 0. The monoisotopic (exact) mass is 361 g/mol. The van der Waals surface area contributed by atoms with Crippen molar-refractivity contribution in [3.63, 3.8) is 0 Å². The number of unbranched alkanes of at least 4 members (excludes halogenated alkanes) is 7. The summed E-state index contributed by atoms with van der Waals surface area (Å²) in [6, 6.07) is 0. The molecule has 146 valence electrons. The van der Waals surface area contributed by atoms with Crippen LogP contribution in [0.2, 0.25) is 0 Å². The van der Waals surface area contributed by atoms with Crippen LogP contribution in [0.5, 0.6) is 0 Å². The van der Waals surface area contributed by atoms with Crippen molar-refractivity contribution in [2.75, 3.05) is 0 Å². The molecular formula is C22H35NO3. The van der Waals surface area contributed by atoms with Gasteiger partial charge in [0.25, 0.3) is 0 Å². The first-order valence-corrected chi connectivity index (χ1v) is 9.94. The minimum atomic E-state index is -0.296. The number of carbonyl (C=O) groups excluding carboxylic acids is 1. The number of hydrogen-bond acceptors (Lipinski definition) is 3. The number of nitrogens with zero attached hydrogens (tertiary/aromatic N) is 1. The van der Waals surface area contributed by atoms with Gasteiger partial charge in [0.15, 0.2) is 0 Å². The van der Waals surface area contributed by atoms with Crippen LogP contribution in [-0.2, 0) is 4.79 Å². The highest BCUT2D eigenvalue weighted by Gasteiger charge is 2.06. The summed E-state index contributed by atoms with van der Waals surface area (Å²) < 4.78 is 0. The van der Waals surface area contributed by atoms with Crippen LogP contribution in [-0.4, -0.2) is 11.2 Å². The lowest BCUT2D eigenvalue weighted by molar-refractivity contribution is -0.427. The summed E-state index contributed by atoms with van der Waals surface area (Å²) in [5, 5.41) is 11.1. The van der Waals surface area contributed by atoms with Crippen LogP contribution in [0.15, 0.2) is 48.2 Å². The summed E-state index contributed by atoms with van der Waals surface area (Å²) in [4.78, 5) is 21.0. The number of aldehydes is 1. The number of hydrogen-bond donors (Lipinski definition) is 0. The molecule has 0 unspecified atom stereocenters. The van der Waals surface area contributed by atoms with Gasteiger partial charge in [-0.3, -0.25) is 10.1 Å². The lowest BCUT2D eigenvalue weighted by atomic mass is 10.1. The molecule has 0 aliphatic carbocycles. The van der Waals surface area contributed by atoms with Gasteiger partial charge in [0, 0.05) is 6.42 Å². The lowest BCUT2D eigenvalue weighted by Gasteiger charge is -1.95. The van der Waals surface area contributed by atoms with E-state index in [1.165, 1.54) is 19.3 Å². The molecule has 0 aromatic heterocycles. The highest BCUT2D eigenvalue weighted by molar-refractivity contribution is 5.48. The molecule has 4 heteroatoms. The largest absolute Gasteiger partial charge is 0.303 e. The van der Waals surface area contributed by atoms with Gasteiger partial charge in [-0.05, 0) is 51.0 Å². The van der Waals surface area contributed by atoms with Crippen molar-refractivity contribution < 1.29 is 9.72 Å². The highest BCUT2D eigenvalue weighted by Crippen LogP contribution is 2.08. The molecule has 26 heavy (non-hydrogen) atoms. The average Bonchev–Trinajstić information content (AvgIpc) is 2.63. The fourth-order valence-corrected chi connectivity index (χ4v) is 2.42. The molecule has 0 bridgehead atoms. The Morgan fingerprint density at radius 1 is 0.808 bits per heavy atom. The Labute approximate surface area is 158 Å². The Kier molecular flexibility index (Phi) is 17.9. The molecule has 0 aromatic carbocycles. The first-order chi connectivity index (χ1) is 12.7. The summed E-state index contributed by atoms with van der Waals surface area (Å²) in [6.07, 6.45) is 26.2. The first kappa shape index (κ1) is 24.0. The molecule has 0 atom stereocenters. The number of rotatable bonds is 17. The molecule has 0 fully saturated rings. The van der Waals surface area contributed by atoms with Crippen LogP contribution in [0, 0.1) is 10.1 Å². The van der Waals surface area contributed by atoms with E-state index >= 15 is 0 Å². The number of carbonyl (C=O) groups is 1. The molecule has 0 amide bonds. The molecule has 0 aliphatic rings. The molecule has 0 heterocycles. The minimum absolute atomic E-state index is 0.252. The van der Waals surface area contributed by atoms with E-state index < -0.39 is 0 Å². The quantitative estimate of drug-likeness (QED) is 0.0950. The van der Waals surface area contributed by atoms with Crippen molar-refractivity contribution in [2.24, 2.45) is 0 Å². The van der Waals surface area contributed by atoms with E-state index in [4.69, 9.17) is 0 Å². The predicted octanol–water partition coefficient (Wildman–Crippen LogP) is 6.72. The predicted molar refractivity (Wildman–Crippen MR) is 110 cm³/mol. The maximum Gasteiger partial charge on any atom is 0.246 e. The van der Waals surface area contributed by atoms with Gasteiger partial charge in [0.1, 0.15) is 6.29 Å². The maximum absolute atomic E-state index is 11.1. The normalized spacial score (nSPS) is 12.6. The van der Waals surface area contributed by atoms with Gasteiger partial charge in [0.05, 0.1) is 11.3 Å². The SMILES string of the molecule is CCCCC/C=C/C/C=C/C/C=C(/C/C=C/CCCCCC=O)[N+](=O)[O-]. The third-order valence-corrected chi connectivity index (χ3v) is 3.99. The van der Waals surface area contributed by atoms with Crippen molar-refractivity contribution in [1.29, 1.82) is 0 Å². The lowest BCUT2D eigenvalue weighted by Crippen LogP contribution is -1.97. The molecular weight excluding hydrogens is 326 g/mol. The van der Waals surface area contributed by atoms with Crippen molar-refractivity contribution in [3.05, 3.63) is 58.3 Å². The molecule has 0 saturated heterocycles. The fourth-order valence-electron chi connectivity index (χ4n) is 2.42. The van der Waals surface area contributed by atoms with Gasteiger partial charge < -0.3 is 4.79 Å². The molecule has 0 aliphatic heterocycles. The van der Waals surface area contributed by atoms with Gasteiger partial charge in [-0.2, -0.15) is 0 Å². The van der Waals surface area contributed by atoms with E-state index in [0.29, 0.717) is 19.3 Å². The second-order valence-electron chi connectivity index (χ2n) is 6.34. The van der Waals surface area contributed by atoms with E-state index in [1.807, 2.05) is 18.2 Å². The Hall–Kier alpha value is -1.97. The van der Waals surface area contributed by atoms with E-state index in [1.54, 1.807) is 6.08 Å². The smallest absolute Gasteiger partial charge is 0.246 e. The van der Waals surface area contributed by atoms with Crippen molar-refractivity contribution in [3.8, 4) is 0 Å². The summed E-state index contributed by atoms with van der Waals surface area (Å²) >= 11 is 0. The van der Waals surface area contributed by atoms with Crippen LogP contribution in [0.1, 0.15) is 84.0 Å². The van der Waals surface area contributed by atoms with Crippen LogP contribution in [0.25, 0.3) is 0 Å². The maximum atomic E-state index is 11.1. The molecule has 0 radical (unpaired) electrons. The zero-order valence-corrected chi connectivity index (χ0v) is 16.3. The Morgan fingerprint density at radius 2 is 1.42 bits per heavy atom. The third kappa shape index (κ3) is 16.9. The highest BCUT2D eigenvalue weighted by atomic mass is 16.6. The number of allylic oxidation sites excluding steroid dienone is 7. The third-order valence-electron chi connectivity index (χ3n) is 3.99. The summed E-state index contributed by atoms with van der Waals surface area (Å²) in [6.45, 7) is 2.20. The van der Waals surface area contributed by atoms with E-state index in [-0.39, 0.29) is 10.6 Å². The first-order valence-electron chi connectivity index (χ1n) is 9.94. The summed E-state index contributed by atoms with van der Waals surface area (Å²) in [5.74, 6) is 0. The zero-order valence-electron chi connectivity index (χ0n) is 16.3. The second kappa shape index (κ2) is 19.4. The average molecular weight is 362 g/mol. The van der Waals surface area contributed by atoms with E-state index in [0.717, 1.165) is 44.8 Å². The Bertz CT molecular complexity index is 476. The van der Waals surface area contributed by atoms with Gasteiger partial charge in [-0.25, -0.2) is 0 Å². The molecule has 0 rings (SSSR count). The van der Waals surface area contributed by atoms with Crippen molar-refractivity contribution >= 4 is 6.29 Å². The molecule has 0 aromatic rings. The van der Waals surface area contributed by atoms with Crippen LogP contribution >= 0.6 is 0 Å². The molecule has 4 nitrogen and oxygen atoms in total.